The number of nitrogens with two attached hydrogens (primary N) is 1. The third kappa shape index (κ3) is 3.62. The molecule has 21 heavy (non-hydrogen) atoms. The first-order valence-corrected chi connectivity index (χ1v) is 7.78. The van der Waals surface area contributed by atoms with E-state index in [0.29, 0.717) is 18.2 Å². The third-order valence-corrected chi connectivity index (χ3v) is 4.30. The van der Waals surface area contributed by atoms with Crippen LogP contribution in [0.1, 0.15) is 31.9 Å². The van der Waals surface area contributed by atoms with Crippen molar-refractivity contribution in [1.29, 1.82) is 0 Å². The molecule has 0 saturated carbocycles. The maximum Gasteiger partial charge on any atom is 0.162 e. The van der Waals surface area contributed by atoms with Gasteiger partial charge in [0, 0.05) is 23.7 Å². The second kappa shape index (κ2) is 6.86. The number of ether oxygens (including phenoxy) is 2. The highest BCUT2D eigenvalue weighted by atomic mass is 35.5. The summed E-state index contributed by atoms with van der Waals surface area (Å²) in [6.45, 7) is 5.72. The highest BCUT2D eigenvalue weighted by Gasteiger charge is 2.31. The van der Waals surface area contributed by atoms with E-state index in [1.54, 1.807) is 7.11 Å². The Hall–Kier alpha value is -0.970. The molecule has 1 aliphatic heterocycles. The quantitative estimate of drug-likeness (QED) is 0.907. The lowest BCUT2D eigenvalue weighted by Gasteiger charge is -2.23. The second-order valence-corrected chi connectivity index (χ2v) is 6.39. The van der Waals surface area contributed by atoms with Gasteiger partial charge in [0.2, 0.25) is 0 Å². The monoisotopic (exact) mass is 312 g/mol. The summed E-state index contributed by atoms with van der Waals surface area (Å²) in [7, 11) is 3.74. The van der Waals surface area contributed by atoms with Crippen LogP contribution >= 0.6 is 11.6 Å². The van der Waals surface area contributed by atoms with E-state index in [1.807, 2.05) is 26.0 Å². The molecule has 0 aromatic heterocycles. The number of rotatable bonds is 5. The summed E-state index contributed by atoms with van der Waals surface area (Å²) in [4.78, 5) is 2.31. The Morgan fingerprint density at radius 1 is 1.38 bits per heavy atom. The molecule has 0 bridgehead atoms. The first kappa shape index (κ1) is 16.4. The molecular formula is C16H25ClN2O2. The van der Waals surface area contributed by atoms with Crippen molar-refractivity contribution in [3.05, 3.63) is 22.7 Å². The van der Waals surface area contributed by atoms with Gasteiger partial charge in [0.1, 0.15) is 0 Å². The molecule has 1 saturated heterocycles. The molecule has 0 radical (unpaired) electrons. The molecule has 1 aromatic carbocycles. The Balaban J connectivity index is 2.35. The van der Waals surface area contributed by atoms with E-state index in [-0.39, 0.29) is 12.1 Å². The van der Waals surface area contributed by atoms with Crippen LogP contribution in [-0.4, -0.2) is 38.3 Å². The molecule has 2 rings (SSSR count). The summed E-state index contributed by atoms with van der Waals surface area (Å²) in [5.41, 5.74) is 6.90. The minimum Gasteiger partial charge on any atom is -0.493 e. The van der Waals surface area contributed by atoms with Crippen molar-refractivity contribution in [3.63, 3.8) is 0 Å². The summed E-state index contributed by atoms with van der Waals surface area (Å²) < 4.78 is 11.2. The molecule has 1 heterocycles. The van der Waals surface area contributed by atoms with E-state index in [2.05, 4.69) is 11.9 Å². The molecule has 1 aliphatic rings. The maximum atomic E-state index is 6.46. The molecule has 2 N–H and O–H groups in total. The molecule has 2 atom stereocenters. The van der Waals surface area contributed by atoms with Crippen molar-refractivity contribution in [2.45, 2.75) is 32.4 Å². The van der Waals surface area contributed by atoms with Crippen molar-refractivity contribution >= 4 is 11.6 Å². The van der Waals surface area contributed by atoms with Gasteiger partial charge in [0.15, 0.2) is 11.5 Å². The highest BCUT2D eigenvalue weighted by Crippen LogP contribution is 2.42. The van der Waals surface area contributed by atoms with E-state index >= 15 is 0 Å². The van der Waals surface area contributed by atoms with E-state index in [1.165, 1.54) is 0 Å². The van der Waals surface area contributed by atoms with Crippen LogP contribution in [0.25, 0.3) is 0 Å². The van der Waals surface area contributed by atoms with Gasteiger partial charge in [-0.25, -0.2) is 0 Å². The topological polar surface area (TPSA) is 47.7 Å². The van der Waals surface area contributed by atoms with Crippen LogP contribution in [0.4, 0.5) is 0 Å². The summed E-state index contributed by atoms with van der Waals surface area (Å²) >= 11 is 6.46. The molecule has 4 nitrogen and oxygen atoms in total. The van der Waals surface area contributed by atoms with Crippen LogP contribution in [0, 0.1) is 5.92 Å². The zero-order valence-corrected chi connectivity index (χ0v) is 14.0. The SMILES string of the molecule is COc1cc(Cl)c(C2CC(CN)CN2C)cc1OC(C)C. The molecule has 2 unspecified atom stereocenters. The molecule has 1 fully saturated rings. The van der Waals surface area contributed by atoms with Crippen molar-refractivity contribution in [2.24, 2.45) is 11.7 Å². The number of halogens is 1. The number of likely N-dealkylation sites (tertiary alicyclic amines) is 1. The fraction of sp³-hybridized carbons (Fsp3) is 0.625. The van der Waals surface area contributed by atoms with Gasteiger partial charge in [-0.15, -0.1) is 0 Å². The van der Waals surface area contributed by atoms with Crippen LogP contribution in [-0.2, 0) is 0 Å². The minimum atomic E-state index is 0.0889. The average molecular weight is 313 g/mol. The van der Waals surface area contributed by atoms with Gasteiger partial charge in [0.05, 0.1) is 13.2 Å². The Bertz CT molecular complexity index is 493. The zero-order chi connectivity index (χ0) is 15.6. The fourth-order valence-electron chi connectivity index (χ4n) is 2.95. The van der Waals surface area contributed by atoms with E-state index in [0.717, 1.165) is 29.3 Å². The third-order valence-electron chi connectivity index (χ3n) is 3.97. The molecule has 5 heteroatoms. The van der Waals surface area contributed by atoms with Gasteiger partial charge in [-0.3, -0.25) is 4.90 Å². The lowest BCUT2D eigenvalue weighted by molar-refractivity contribution is 0.229. The van der Waals surface area contributed by atoms with Crippen LogP contribution in [0.3, 0.4) is 0 Å². The Kier molecular flexibility index (Phi) is 5.36. The normalized spacial score (nSPS) is 22.8. The molecule has 0 aliphatic carbocycles. The maximum absolute atomic E-state index is 6.46. The highest BCUT2D eigenvalue weighted by molar-refractivity contribution is 6.31. The fourth-order valence-corrected chi connectivity index (χ4v) is 3.23. The van der Waals surface area contributed by atoms with Gasteiger partial charge < -0.3 is 15.2 Å². The Labute approximate surface area is 132 Å². The predicted molar refractivity (Wildman–Crippen MR) is 86.3 cm³/mol. The number of nitrogens with zero attached hydrogens (tertiary/aromatic N) is 1. The van der Waals surface area contributed by atoms with E-state index < -0.39 is 0 Å². The van der Waals surface area contributed by atoms with Crippen molar-refractivity contribution in [2.75, 3.05) is 27.2 Å². The van der Waals surface area contributed by atoms with Gasteiger partial charge in [-0.2, -0.15) is 0 Å². The molecule has 1 aromatic rings. The molecular weight excluding hydrogens is 288 g/mol. The molecule has 118 valence electrons. The minimum absolute atomic E-state index is 0.0889. The van der Waals surface area contributed by atoms with Crippen molar-refractivity contribution < 1.29 is 9.47 Å². The van der Waals surface area contributed by atoms with Crippen molar-refractivity contribution in [3.8, 4) is 11.5 Å². The van der Waals surface area contributed by atoms with Crippen LogP contribution in [0.2, 0.25) is 5.02 Å². The standard InChI is InChI=1S/C16H25ClN2O2/c1-10(2)21-16-6-12(13(17)7-15(16)20-4)14-5-11(8-18)9-19(14)3/h6-7,10-11,14H,5,8-9,18H2,1-4H3. The molecule has 0 amide bonds. The first-order chi connectivity index (χ1) is 9.96. The number of methoxy groups -OCH3 is 1. The van der Waals surface area contributed by atoms with E-state index in [4.69, 9.17) is 26.8 Å². The van der Waals surface area contributed by atoms with Gasteiger partial charge in [0.25, 0.3) is 0 Å². The Morgan fingerprint density at radius 3 is 2.62 bits per heavy atom. The summed E-state index contributed by atoms with van der Waals surface area (Å²) in [5, 5.41) is 0.720. The smallest absolute Gasteiger partial charge is 0.162 e. The lowest BCUT2D eigenvalue weighted by Crippen LogP contribution is -2.20. The average Bonchev–Trinajstić information content (AvgIpc) is 2.81. The zero-order valence-electron chi connectivity index (χ0n) is 13.2. The van der Waals surface area contributed by atoms with Gasteiger partial charge >= 0.3 is 0 Å². The summed E-state index contributed by atoms with van der Waals surface area (Å²) in [6, 6.07) is 4.14. The predicted octanol–water partition coefficient (Wildman–Crippen LogP) is 3.09. The largest absolute Gasteiger partial charge is 0.493 e. The van der Waals surface area contributed by atoms with Gasteiger partial charge in [-0.1, -0.05) is 11.6 Å². The van der Waals surface area contributed by atoms with Crippen LogP contribution in [0.5, 0.6) is 11.5 Å². The number of benzene rings is 1. The van der Waals surface area contributed by atoms with Crippen LogP contribution in [0.15, 0.2) is 12.1 Å². The summed E-state index contributed by atoms with van der Waals surface area (Å²) in [6.07, 6.45) is 1.12. The van der Waals surface area contributed by atoms with Crippen molar-refractivity contribution in [1.82, 2.24) is 4.90 Å². The number of hydrogen-bond acceptors (Lipinski definition) is 4. The summed E-state index contributed by atoms with van der Waals surface area (Å²) in [5.74, 6) is 1.94. The van der Waals surface area contributed by atoms with Gasteiger partial charge in [-0.05, 0) is 51.4 Å². The lowest BCUT2D eigenvalue weighted by atomic mass is 9.99. The number of hydrogen-bond donors (Lipinski definition) is 1. The second-order valence-electron chi connectivity index (χ2n) is 5.98. The first-order valence-electron chi connectivity index (χ1n) is 7.40. The van der Waals surface area contributed by atoms with E-state index in [9.17, 15) is 0 Å². The molecule has 0 spiro atoms. The Morgan fingerprint density at radius 2 is 2.10 bits per heavy atom. The van der Waals surface area contributed by atoms with Crippen LogP contribution < -0.4 is 15.2 Å².